The molecular weight excluding hydrogens is 315 g/mol. The molecule has 1 rings (SSSR count). The van der Waals surface area contributed by atoms with E-state index in [4.69, 9.17) is 5.11 Å². The van der Waals surface area contributed by atoms with Gasteiger partial charge in [0.15, 0.2) is 0 Å². The maximum atomic E-state index is 12.6. The van der Waals surface area contributed by atoms with Crippen LogP contribution in [0.5, 0.6) is 0 Å². The highest BCUT2D eigenvalue weighted by atomic mass is 79.9. The first-order valence-corrected chi connectivity index (χ1v) is 5.91. The Morgan fingerprint density at radius 3 is 2.56 bits per heavy atom. The number of nitrogens with one attached hydrogen (secondary N) is 1. The average Bonchev–Trinajstić information content (AvgIpc) is 2.25. The van der Waals surface area contributed by atoms with Crippen molar-refractivity contribution >= 4 is 27.6 Å². The number of alkyl halides is 3. The van der Waals surface area contributed by atoms with Gasteiger partial charge in [0, 0.05) is 10.2 Å². The molecule has 7 heteroatoms. The Labute approximate surface area is 110 Å². The lowest BCUT2D eigenvalue weighted by Crippen LogP contribution is -2.28. The quantitative estimate of drug-likeness (QED) is 0.886. The predicted octanol–water partition coefficient (Wildman–Crippen LogP) is 3.74. The van der Waals surface area contributed by atoms with Crippen molar-refractivity contribution in [2.75, 3.05) is 5.32 Å². The molecule has 1 atom stereocenters. The molecule has 0 aliphatic heterocycles. The van der Waals surface area contributed by atoms with Crippen LogP contribution in [0.15, 0.2) is 22.7 Å². The molecule has 0 aliphatic rings. The number of halogens is 4. The SMILES string of the molecule is CCC(Nc1ccc(Br)c(C(F)(F)F)c1)C(=O)O. The van der Waals surface area contributed by atoms with E-state index in [0.717, 1.165) is 6.07 Å². The standard InChI is InChI=1S/C11H11BrF3NO2/c1-2-9(10(17)18)16-6-3-4-8(12)7(5-6)11(13,14)15/h3-5,9,16H,2H2,1H3,(H,17,18). The van der Waals surface area contributed by atoms with Crippen molar-refractivity contribution < 1.29 is 23.1 Å². The molecule has 2 N–H and O–H groups in total. The molecule has 0 aromatic heterocycles. The molecule has 0 amide bonds. The second-order valence-electron chi connectivity index (χ2n) is 3.64. The molecule has 3 nitrogen and oxygen atoms in total. The van der Waals surface area contributed by atoms with E-state index in [-0.39, 0.29) is 16.6 Å². The molecule has 1 aromatic rings. The van der Waals surface area contributed by atoms with Gasteiger partial charge in [-0.1, -0.05) is 22.9 Å². The molecule has 100 valence electrons. The summed E-state index contributed by atoms with van der Waals surface area (Å²) in [6.07, 6.45) is -4.21. The van der Waals surface area contributed by atoms with E-state index in [1.807, 2.05) is 0 Å². The molecule has 0 radical (unpaired) electrons. The number of rotatable bonds is 4. The number of aliphatic carboxylic acids is 1. The van der Waals surface area contributed by atoms with E-state index in [9.17, 15) is 18.0 Å². The maximum absolute atomic E-state index is 12.6. The van der Waals surface area contributed by atoms with Crippen LogP contribution >= 0.6 is 15.9 Å². The second-order valence-corrected chi connectivity index (χ2v) is 4.49. The first kappa shape index (κ1) is 14.8. The van der Waals surface area contributed by atoms with E-state index in [2.05, 4.69) is 21.2 Å². The number of anilines is 1. The number of carbonyl (C=O) groups is 1. The summed E-state index contributed by atoms with van der Waals surface area (Å²) in [6.45, 7) is 1.63. The Balaban J connectivity index is 3.02. The van der Waals surface area contributed by atoms with Crippen molar-refractivity contribution in [1.29, 1.82) is 0 Å². The topological polar surface area (TPSA) is 49.3 Å². The van der Waals surface area contributed by atoms with Gasteiger partial charge in [-0.2, -0.15) is 13.2 Å². The number of hydrogen-bond acceptors (Lipinski definition) is 2. The lowest BCUT2D eigenvalue weighted by molar-refractivity contribution is -0.138. The Kier molecular flexibility index (Phi) is 4.61. The van der Waals surface area contributed by atoms with Crippen LogP contribution in [0.2, 0.25) is 0 Å². The van der Waals surface area contributed by atoms with Crippen molar-refractivity contribution in [3.63, 3.8) is 0 Å². The summed E-state index contributed by atoms with van der Waals surface area (Å²) in [5.74, 6) is -1.10. The smallest absolute Gasteiger partial charge is 0.417 e. The zero-order chi connectivity index (χ0) is 13.9. The van der Waals surface area contributed by atoms with Gasteiger partial charge in [-0.05, 0) is 24.6 Å². The fourth-order valence-corrected chi connectivity index (χ4v) is 1.84. The van der Waals surface area contributed by atoms with E-state index in [1.165, 1.54) is 12.1 Å². The molecule has 0 spiro atoms. The third-order valence-electron chi connectivity index (χ3n) is 2.32. The second kappa shape index (κ2) is 5.60. The van der Waals surface area contributed by atoms with Crippen LogP contribution in [0, 0.1) is 0 Å². The van der Waals surface area contributed by atoms with Crippen molar-refractivity contribution in [3.8, 4) is 0 Å². The fourth-order valence-electron chi connectivity index (χ4n) is 1.37. The van der Waals surface area contributed by atoms with E-state index in [0.29, 0.717) is 0 Å². The molecule has 1 aromatic carbocycles. The van der Waals surface area contributed by atoms with Gasteiger partial charge < -0.3 is 10.4 Å². The third kappa shape index (κ3) is 3.63. The van der Waals surface area contributed by atoms with E-state index < -0.39 is 23.8 Å². The minimum absolute atomic E-state index is 0.0797. The normalized spacial score (nSPS) is 13.2. The molecule has 0 heterocycles. The summed E-state index contributed by atoms with van der Waals surface area (Å²) in [6, 6.07) is 2.60. The first-order chi connectivity index (χ1) is 8.25. The number of hydrogen-bond donors (Lipinski definition) is 2. The average molecular weight is 326 g/mol. The van der Waals surface area contributed by atoms with E-state index in [1.54, 1.807) is 6.92 Å². The van der Waals surface area contributed by atoms with Crippen LogP contribution in [0.4, 0.5) is 18.9 Å². The highest BCUT2D eigenvalue weighted by molar-refractivity contribution is 9.10. The van der Waals surface area contributed by atoms with Crippen LogP contribution in [-0.4, -0.2) is 17.1 Å². The van der Waals surface area contributed by atoms with Crippen molar-refractivity contribution in [2.24, 2.45) is 0 Å². The maximum Gasteiger partial charge on any atom is 0.417 e. The minimum Gasteiger partial charge on any atom is -0.480 e. The Bertz CT molecular complexity index is 448. The van der Waals surface area contributed by atoms with Gasteiger partial charge in [0.05, 0.1) is 5.56 Å². The highest BCUT2D eigenvalue weighted by Gasteiger charge is 2.33. The van der Waals surface area contributed by atoms with Gasteiger partial charge in [0.2, 0.25) is 0 Å². The molecular formula is C11H11BrF3NO2. The van der Waals surface area contributed by atoms with Gasteiger partial charge in [-0.25, -0.2) is 4.79 Å². The Hall–Kier alpha value is -1.24. The fraction of sp³-hybridized carbons (Fsp3) is 0.364. The van der Waals surface area contributed by atoms with E-state index >= 15 is 0 Å². The summed E-state index contributed by atoms with van der Waals surface area (Å²) in [4.78, 5) is 10.8. The molecule has 0 fully saturated rings. The summed E-state index contributed by atoms with van der Waals surface area (Å²) < 4.78 is 37.8. The monoisotopic (exact) mass is 325 g/mol. The van der Waals surface area contributed by atoms with Crippen LogP contribution in [0.25, 0.3) is 0 Å². The van der Waals surface area contributed by atoms with Gasteiger partial charge in [0.1, 0.15) is 6.04 Å². The number of carboxylic acids is 1. The van der Waals surface area contributed by atoms with Gasteiger partial charge >= 0.3 is 12.1 Å². The van der Waals surface area contributed by atoms with Gasteiger partial charge in [-0.15, -0.1) is 0 Å². The highest BCUT2D eigenvalue weighted by Crippen LogP contribution is 2.36. The Morgan fingerprint density at radius 1 is 1.50 bits per heavy atom. The predicted molar refractivity (Wildman–Crippen MR) is 64.5 cm³/mol. The number of benzene rings is 1. The van der Waals surface area contributed by atoms with Crippen LogP contribution in [0.1, 0.15) is 18.9 Å². The van der Waals surface area contributed by atoms with Crippen molar-refractivity contribution in [1.82, 2.24) is 0 Å². The summed E-state index contributed by atoms with van der Waals surface area (Å²) in [5, 5.41) is 11.4. The van der Waals surface area contributed by atoms with Gasteiger partial charge in [-0.3, -0.25) is 0 Å². The molecule has 0 saturated carbocycles. The Morgan fingerprint density at radius 2 is 2.11 bits per heavy atom. The largest absolute Gasteiger partial charge is 0.480 e. The summed E-state index contributed by atoms with van der Waals surface area (Å²) >= 11 is 2.81. The van der Waals surface area contributed by atoms with Crippen LogP contribution in [-0.2, 0) is 11.0 Å². The lowest BCUT2D eigenvalue weighted by Gasteiger charge is -2.16. The molecule has 0 saturated heterocycles. The molecule has 0 aliphatic carbocycles. The molecule has 0 bridgehead atoms. The summed E-state index contributed by atoms with van der Waals surface area (Å²) in [7, 11) is 0. The van der Waals surface area contributed by atoms with Crippen LogP contribution < -0.4 is 5.32 Å². The molecule has 18 heavy (non-hydrogen) atoms. The van der Waals surface area contributed by atoms with Gasteiger partial charge in [0.25, 0.3) is 0 Å². The van der Waals surface area contributed by atoms with Crippen molar-refractivity contribution in [2.45, 2.75) is 25.6 Å². The minimum atomic E-state index is -4.48. The molecule has 1 unspecified atom stereocenters. The zero-order valence-corrected chi connectivity index (χ0v) is 11.0. The van der Waals surface area contributed by atoms with Crippen LogP contribution in [0.3, 0.4) is 0 Å². The summed E-state index contributed by atoms with van der Waals surface area (Å²) in [5.41, 5.74) is -0.715. The number of carboxylic acid groups (broad SMARTS) is 1. The van der Waals surface area contributed by atoms with Crippen molar-refractivity contribution in [3.05, 3.63) is 28.2 Å². The third-order valence-corrected chi connectivity index (χ3v) is 3.01. The lowest BCUT2D eigenvalue weighted by atomic mass is 10.1. The zero-order valence-electron chi connectivity index (χ0n) is 9.38. The first-order valence-electron chi connectivity index (χ1n) is 5.11.